The van der Waals surface area contributed by atoms with Crippen molar-refractivity contribution in [1.29, 1.82) is 0 Å². The molecule has 2 N–H and O–H groups in total. The van der Waals surface area contributed by atoms with Crippen molar-refractivity contribution in [2.75, 3.05) is 33.2 Å². The SMILES string of the molecule is Cc1ccc(C(CN)N2CCCN(C)CC2C)cc1Cl. The first-order chi connectivity index (χ1) is 9.52. The lowest BCUT2D eigenvalue weighted by Gasteiger charge is -2.35. The highest BCUT2D eigenvalue weighted by molar-refractivity contribution is 6.31. The lowest BCUT2D eigenvalue weighted by atomic mass is 10.0. The lowest BCUT2D eigenvalue weighted by molar-refractivity contribution is 0.146. The summed E-state index contributed by atoms with van der Waals surface area (Å²) in [6.07, 6.45) is 1.19. The van der Waals surface area contributed by atoms with E-state index in [2.05, 4.69) is 42.0 Å². The van der Waals surface area contributed by atoms with Crippen molar-refractivity contribution in [3.05, 3.63) is 34.3 Å². The van der Waals surface area contributed by atoms with Gasteiger partial charge in [-0.3, -0.25) is 4.90 Å². The average molecular weight is 296 g/mol. The molecule has 1 aromatic rings. The Hall–Kier alpha value is -0.610. The molecule has 1 aliphatic rings. The number of aryl methyl sites for hydroxylation is 1. The van der Waals surface area contributed by atoms with E-state index in [9.17, 15) is 0 Å². The minimum absolute atomic E-state index is 0.259. The number of benzene rings is 1. The van der Waals surface area contributed by atoms with E-state index >= 15 is 0 Å². The van der Waals surface area contributed by atoms with Gasteiger partial charge in [0.25, 0.3) is 0 Å². The molecule has 1 aromatic carbocycles. The maximum absolute atomic E-state index is 6.28. The first-order valence-electron chi connectivity index (χ1n) is 7.43. The zero-order chi connectivity index (χ0) is 14.7. The first-order valence-corrected chi connectivity index (χ1v) is 7.81. The molecule has 0 spiro atoms. The quantitative estimate of drug-likeness (QED) is 0.930. The molecular weight excluding hydrogens is 270 g/mol. The Morgan fingerprint density at radius 1 is 1.40 bits per heavy atom. The van der Waals surface area contributed by atoms with Gasteiger partial charge in [-0.25, -0.2) is 0 Å². The number of hydrogen-bond donors (Lipinski definition) is 1. The topological polar surface area (TPSA) is 32.5 Å². The van der Waals surface area contributed by atoms with Crippen LogP contribution in [0.4, 0.5) is 0 Å². The van der Waals surface area contributed by atoms with E-state index in [-0.39, 0.29) is 6.04 Å². The van der Waals surface area contributed by atoms with Gasteiger partial charge in [0.1, 0.15) is 0 Å². The molecule has 0 amide bonds. The van der Waals surface area contributed by atoms with Gasteiger partial charge < -0.3 is 10.6 Å². The summed E-state index contributed by atoms with van der Waals surface area (Å²) in [7, 11) is 2.19. The van der Waals surface area contributed by atoms with Crippen molar-refractivity contribution in [1.82, 2.24) is 9.80 Å². The summed E-state index contributed by atoms with van der Waals surface area (Å²) < 4.78 is 0. The van der Waals surface area contributed by atoms with Crippen LogP contribution in [0.25, 0.3) is 0 Å². The van der Waals surface area contributed by atoms with Gasteiger partial charge in [-0.05, 0) is 51.1 Å². The summed E-state index contributed by atoms with van der Waals surface area (Å²) >= 11 is 6.28. The molecule has 1 saturated heterocycles. The molecule has 1 heterocycles. The minimum atomic E-state index is 0.259. The number of likely N-dealkylation sites (N-methyl/N-ethyl adjacent to an activating group) is 1. The number of nitrogens with zero attached hydrogens (tertiary/aromatic N) is 2. The van der Waals surface area contributed by atoms with Crippen molar-refractivity contribution in [3.8, 4) is 0 Å². The highest BCUT2D eigenvalue weighted by Gasteiger charge is 2.26. The molecule has 2 rings (SSSR count). The molecular formula is C16H26ClN3. The maximum atomic E-state index is 6.28. The van der Waals surface area contributed by atoms with E-state index in [4.69, 9.17) is 17.3 Å². The molecule has 2 atom stereocenters. The molecule has 4 heteroatoms. The Morgan fingerprint density at radius 2 is 2.15 bits per heavy atom. The van der Waals surface area contributed by atoms with Crippen molar-refractivity contribution in [2.24, 2.45) is 5.73 Å². The van der Waals surface area contributed by atoms with Crippen molar-refractivity contribution in [2.45, 2.75) is 32.4 Å². The highest BCUT2D eigenvalue weighted by Crippen LogP contribution is 2.27. The van der Waals surface area contributed by atoms with E-state index in [0.29, 0.717) is 12.6 Å². The van der Waals surface area contributed by atoms with E-state index in [1.807, 2.05) is 6.92 Å². The predicted octanol–water partition coefficient (Wildman–Crippen LogP) is 2.67. The van der Waals surface area contributed by atoms with Gasteiger partial charge in [0.15, 0.2) is 0 Å². The molecule has 2 unspecified atom stereocenters. The van der Waals surface area contributed by atoms with Gasteiger partial charge in [-0.1, -0.05) is 23.7 Å². The second kappa shape index (κ2) is 6.90. The molecule has 0 aliphatic carbocycles. The van der Waals surface area contributed by atoms with Crippen LogP contribution in [-0.4, -0.2) is 49.1 Å². The van der Waals surface area contributed by atoms with Gasteiger partial charge in [-0.15, -0.1) is 0 Å². The summed E-state index contributed by atoms with van der Waals surface area (Å²) in [5, 5.41) is 0.834. The third kappa shape index (κ3) is 3.53. The van der Waals surface area contributed by atoms with Gasteiger partial charge >= 0.3 is 0 Å². The standard InChI is InChI=1S/C16H26ClN3/c1-12-5-6-14(9-15(12)17)16(10-18)20-8-4-7-19(3)11-13(20)2/h5-6,9,13,16H,4,7-8,10-11,18H2,1-3H3. The number of nitrogens with two attached hydrogens (primary N) is 1. The smallest absolute Gasteiger partial charge is 0.0474 e. The van der Waals surface area contributed by atoms with Crippen LogP contribution in [0.5, 0.6) is 0 Å². The van der Waals surface area contributed by atoms with Crippen LogP contribution >= 0.6 is 11.6 Å². The third-order valence-corrected chi connectivity index (χ3v) is 4.71. The Bertz CT molecular complexity index is 449. The number of halogens is 1. The first kappa shape index (κ1) is 15.8. The maximum Gasteiger partial charge on any atom is 0.0474 e. The van der Waals surface area contributed by atoms with Crippen LogP contribution in [0.2, 0.25) is 5.02 Å². The van der Waals surface area contributed by atoms with E-state index in [1.165, 1.54) is 12.0 Å². The van der Waals surface area contributed by atoms with Crippen LogP contribution in [-0.2, 0) is 0 Å². The van der Waals surface area contributed by atoms with Crippen molar-refractivity contribution in [3.63, 3.8) is 0 Å². The minimum Gasteiger partial charge on any atom is -0.329 e. The normalized spacial score (nSPS) is 23.6. The average Bonchev–Trinajstić information content (AvgIpc) is 2.56. The van der Waals surface area contributed by atoms with Crippen LogP contribution in [0.1, 0.15) is 30.5 Å². The molecule has 0 bridgehead atoms. The van der Waals surface area contributed by atoms with Gasteiger partial charge in [0, 0.05) is 36.7 Å². The summed E-state index contributed by atoms with van der Waals surface area (Å²) in [6.45, 7) is 8.31. The molecule has 1 fully saturated rings. The zero-order valence-electron chi connectivity index (χ0n) is 12.8. The fourth-order valence-electron chi connectivity index (χ4n) is 3.13. The molecule has 1 aliphatic heterocycles. The fraction of sp³-hybridized carbons (Fsp3) is 0.625. The lowest BCUT2D eigenvalue weighted by Crippen LogP contribution is -2.42. The van der Waals surface area contributed by atoms with Gasteiger partial charge in [0.2, 0.25) is 0 Å². The second-order valence-corrected chi connectivity index (χ2v) is 6.37. The molecule has 3 nitrogen and oxygen atoms in total. The van der Waals surface area contributed by atoms with Crippen LogP contribution < -0.4 is 5.73 Å². The Labute approximate surface area is 127 Å². The van der Waals surface area contributed by atoms with E-state index in [1.54, 1.807) is 0 Å². The number of hydrogen-bond acceptors (Lipinski definition) is 3. The van der Waals surface area contributed by atoms with Crippen LogP contribution in [0, 0.1) is 6.92 Å². The Morgan fingerprint density at radius 3 is 2.80 bits per heavy atom. The predicted molar refractivity (Wildman–Crippen MR) is 86.3 cm³/mol. The monoisotopic (exact) mass is 295 g/mol. The van der Waals surface area contributed by atoms with Crippen molar-refractivity contribution < 1.29 is 0 Å². The third-order valence-electron chi connectivity index (χ3n) is 4.30. The van der Waals surface area contributed by atoms with E-state index < -0.39 is 0 Å². The summed E-state index contributed by atoms with van der Waals surface area (Å²) in [6, 6.07) is 7.11. The molecule has 20 heavy (non-hydrogen) atoms. The second-order valence-electron chi connectivity index (χ2n) is 5.96. The largest absolute Gasteiger partial charge is 0.329 e. The molecule has 0 aromatic heterocycles. The van der Waals surface area contributed by atoms with E-state index in [0.717, 1.165) is 30.2 Å². The van der Waals surface area contributed by atoms with Gasteiger partial charge in [0.05, 0.1) is 0 Å². The fourth-order valence-corrected chi connectivity index (χ4v) is 3.32. The highest BCUT2D eigenvalue weighted by atomic mass is 35.5. The van der Waals surface area contributed by atoms with Crippen LogP contribution in [0.15, 0.2) is 18.2 Å². The summed E-state index contributed by atoms with van der Waals surface area (Å²) in [4.78, 5) is 4.94. The Balaban J connectivity index is 2.23. The summed E-state index contributed by atoms with van der Waals surface area (Å²) in [5.41, 5.74) is 8.43. The van der Waals surface area contributed by atoms with Crippen molar-refractivity contribution >= 4 is 11.6 Å². The zero-order valence-corrected chi connectivity index (χ0v) is 13.5. The number of rotatable bonds is 3. The molecule has 0 radical (unpaired) electrons. The summed E-state index contributed by atoms with van der Waals surface area (Å²) in [5.74, 6) is 0. The molecule has 0 saturated carbocycles. The van der Waals surface area contributed by atoms with Gasteiger partial charge in [-0.2, -0.15) is 0 Å². The van der Waals surface area contributed by atoms with Crippen LogP contribution in [0.3, 0.4) is 0 Å². The molecule has 112 valence electrons. The Kier molecular flexibility index (Phi) is 5.44.